The Bertz CT molecular complexity index is 722. The molecule has 1 amide bonds. The van der Waals surface area contributed by atoms with E-state index in [9.17, 15) is 4.79 Å². The van der Waals surface area contributed by atoms with Gasteiger partial charge in [-0.15, -0.1) is 0 Å². The van der Waals surface area contributed by atoms with Gasteiger partial charge in [-0.1, -0.05) is 51.1 Å². The summed E-state index contributed by atoms with van der Waals surface area (Å²) in [6.07, 6.45) is 1.97. The zero-order valence-corrected chi connectivity index (χ0v) is 16.4. The Hall–Kier alpha value is -2.40. The first-order valence-electron chi connectivity index (χ1n) is 8.74. The molecule has 0 saturated heterocycles. The Balaban J connectivity index is 1.73. The molecule has 0 heterocycles. The first-order chi connectivity index (χ1) is 12.3. The lowest BCUT2D eigenvalue weighted by Crippen LogP contribution is -2.41. The highest BCUT2D eigenvalue weighted by atomic mass is 32.1. The smallest absolute Gasteiger partial charge is 0.231 e. The van der Waals surface area contributed by atoms with Crippen LogP contribution in [-0.2, 0) is 11.2 Å². The number of carbonyl (C=O) groups is 1. The largest absolute Gasteiger partial charge is 0.494 e. The number of aryl methyl sites for hydroxylation is 1. The summed E-state index contributed by atoms with van der Waals surface area (Å²) in [5, 5.41) is 5.99. The number of benzene rings is 2. The topological polar surface area (TPSA) is 50.4 Å². The molecular formula is C21H26N2O2S. The molecule has 0 aliphatic heterocycles. The molecule has 5 heteroatoms. The Kier molecular flexibility index (Phi) is 7.16. The van der Waals surface area contributed by atoms with Crippen LogP contribution >= 0.6 is 12.2 Å². The van der Waals surface area contributed by atoms with E-state index in [0.717, 1.165) is 24.3 Å². The van der Waals surface area contributed by atoms with Crippen molar-refractivity contribution in [3.05, 3.63) is 60.2 Å². The second-order valence-corrected chi connectivity index (χ2v) is 7.53. The van der Waals surface area contributed by atoms with Gasteiger partial charge in [-0.3, -0.25) is 4.79 Å². The molecule has 0 atom stereocenters. The van der Waals surface area contributed by atoms with Gasteiger partial charge in [-0.05, 0) is 54.9 Å². The Labute approximate surface area is 161 Å². The molecule has 0 spiro atoms. The van der Waals surface area contributed by atoms with Gasteiger partial charge in [0.2, 0.25) is 5.91 Å². The normalized spacial score (nSPS) is 10.9. The minimum Gasteiger partial charge on any atom is -0.494 e. The zero-order chi connectivity index (χ0) is 19.0. The molecule has 2 rings (SSSR count). The summed E-state index contributed by atoms with van der Waals surface area (Å²) in [6, 6.07) is 17.9. The van der Waals surface area contributed by atoms with Crippen molar-refractivity contribution in [2.45, 2.75) is 33.6 Å². The molecule has 26 heavy (non-hydrogen) atoms. The molecule has 0 aliphatic rings. The lowest BCUT2D eigenvalue weighted by Gasteiger charge is -2.18. The van der Waals surface area contributed by atoms with Crippen LogP contribution in [-0.4, -0.2) is 17.6 Å². The number of hydrogen-bond acceptors (Lipinski definition) is 3. The molecule has 138 valence electrons. The molecule has 0 unspecified atom stereocenters. The van der Waals surface area contributed by atoms with E-state index in [-0.39, 0.29) is 5.91 Å². The summed E-state index contributed by atoms with van der Waals surface area (Å²) in [6.45, 7) is 6.19. The van der Waals surface area contributed by atoms with Crippen LogP contribution in [0.3, 0.4) is 0 Å². The molecule has 0 fully saturated rings. The van der Waals surface area contributed by atoms with Gasteiger partial charge in [0, 0.05) is 11.1 Å². The van der Waals surface area contributed by atoms with Crippen molar-refractivity contribution in [3.63, 3.8) is 0 Å². The Morgan fingerprint density at radius 3 is 2.31 bits per heavy atom. The number of ether oxygens (including phenoxy) is 1. The number of carbonyl (C=O) groups excluding carboxylic acids is 1. The summed E-state index contributed by atoms with van der Waals surface area (Å²) in [7, 11) is 0. The zero-order valence-electron chi connectivity index (χ0n) is 15.5. The summed E-state index contributed by atoms with van der Waals surface area (Å²) in [5.41, 5.74) is 1.64. The van der Waals surface area contributed by atoms with E-state index in [4.69, 9.17) is 17.0 Å². The van der Waals surface area contributed by atoms with Crippen LogP contribution in [0.25, 0.3) is 0 Å². The highest BCUT2D eigenvalue weighted by Gasteiger charge is 2.21. The summed E-state index contributed by atoms with van der Waals surface area (Å²) >= 11 is 5.17. The van der Waals surface area contributed by atoms with Crippen molar-refractivity contribution in [2.75, 3.05) is 11.9 Å². The first-order valence-corrected chi connectivity index (χ1v) is 9.14. The lowest BCUT2D eigenvalue weighted by atomic mass is 9.96. The number of amides is 1. The van der Waals surface area contributed by atoms with Crippen LogP contribution in [0.5, 0.6) is 5.75 Å². The van der Waals surface area contributed by atoms with E-state index in [1.54, 1.807) is 0 Å². The minimum atomic E-state index is -0.483. The van der Waals surface area contributed by atoms with Crippen LogP contribution in [0.4, 0.5) is 5.69 Å². The van der Waals surface area contributed by atoms with Crippen molar-refractivity contribution >= 4 is 28.9 Å². The summed E-state index contributed by atoms with van der Waals surface area (Å²) < 4.78 is 5.77. The van der Waals surface area contributed by atoms with Gasteiger partial charge in [0.05, 0.1) is 6.61 Å². The highest BCUT2D eigenvalue weighted by Crippen LogP contribution is 2.17. The van der Waals surface area contributed by atoms with E-state index in [0.29, 0.717) is 11.7 Å². The summed E-state index contributed by atoms with van der Waals surface area (Å²) in [5.74, 6) is 0.696. The van der Waals surface area contributed by atoms with Crippen LogP contribution in [0, 0.1) is 5.41 Å². The predicted molar refractivity (Wildman–Crippen MR) is 111 cm³/mol. The number of thiocarbonyl (C=S) groups is 1. The van der Waals surface area contributed by atoms with E-state index in [1.165, 1.54) is 5.56 Å². The SMILES string of the molecule is CC(C)(C)C(=O)NC(=S)Nc1ccc(OCCCc2ccccc2)cc1. The van der Waals surface area contributed by atoms with Crippen molar-refractivity contribution in [2.24, 2.45) is 5.41 Å². The van der Waals surface area contributed by atoms with Gasteiger partial charge in [0.15, 0.2) is 5.11 Å². The van der Waals surface area contributed by atoms with Gasteiger partial charge in [-0.2, -0.15) is 0 Å². The molecule has 2 aromatic carbocycles. The lowest BCUT2D eigenvalue weighted by molar-refractivity contribution is -0.126. The molecular weight excluding hydrogens is 344 g/mol. The standard InChI is InChI=1S/C21H26N2O2S/c1-21(2,3)19(24)23-20(26)22-17-11-13-18(14-12-17)25-15-7-10-16-8-5-4-6-9-16/h4-6,8-9,11-14H,7,10,15H2,1-3H3,(H2,22,23,24,26). The molecule has 2 aromatic rings. The first kappa shape index (κ1) is 19.9. The van der Waals surface area contributed by atoms with Crippen LogP contribution in [0.2, 0.25) is 0 Å². The second-order valence-electron chi connectivity index (χ2n) is 7.12. The Morgan fingerprint density at radius 2 is 1.69 bits per heavy atom. The second kappa shape index (κ2) is 9.34. The molecule has 0 bridgehead atoms. The van der Waals surface area contributed by atoms with Gasteiger partial charge < -0.3 is 15.4 Å². The van der Waals surface area contributed by atoms with Crippen molar-refractivity contribution in [1.82, 2.24) is 5.32 Å². The molecule has 4 nitrogen and oxygen atoms in total. The minimum absolute atomic E-state index is 0.117. The van der Waals surface area contributed by atoms with E-state index in [1.807, 2.05) is 51.1 Å². The van der Waals surface area contributed by atoms with Gasteiger partial charge in [0.1, 0.15) is 5.75 Å². The van der Waals surface area contributed by atoms with Gasteiger partial charge in [0.25, 0.3) is 0 Å². The fraction of sp³-hybridized carbons (Fsp3) is 0.333. The fourth-order valence-corrected chi connectivity index (χ4v) is 2.41. The average Bonchev–Trinajstić information content (AvgIpc) is 2.60. The third kappa shape index (κ3) is 6.84. The maximum absolute atomic E-state index is 11.9. The van der Waals surface area contributed by atoms with Crippen LogP contribution in [0.1, 0.15) is 32.8 Å². The fourth-order valence-electron chi connectivity index (χ4n) is 2.20. The summed E-state index contributed by atoms with van der Waals surface area (Å²) in [4.78, 5) is 11.9. The quantitative estimate of drug-likeness (QED) is 0.578. The molecule has 0 radical (unpaired) electrons. The Morgan fingerprint density at radius 1 is 1.04 bits per heavy atom. The van der Waals surface area contributed by atoms with Gasteiger partial charge in [-0.25, -0.2) is 0 Å². The monoisotopic (exact) mass is 370 g/mol. The van der Waals surface area contributed by atoms with Crippen LogP contribution in [0.15, 0.2) is 54.6 Å². The highest BCUT2D eigenvalue weighted by molar-refractivity contribution is 7.80. The van der Waals surface area contributed by atoms with Crippen LogP contribution < -0.4 is 15.4 Å². The number of hydrogen-bond donors (Lipinski definition) is 2. The molecule has 2 N–H and O–H groups in total. The average molecular weight is 371 g/mol. The number of rotatable bonds is 6. The van der Waals surface area contributed by atoms with E-state index in [2.05, 4.69) is 34.9 Å². The third-order valence-electron chi connectivity index (χ3n) is 3.74. The third-order valence-corrected chi connectivity index (χ3v) is 3.95. The number of nitrogens with one attached hydrogen (secondary N) is 2. The molecule has 0 aliphatic carbocycles. The number of anilines is 1. The van der Waals surface area contributed by atoms with Gasteiger partial charge >= 0.3 is 0 Å². The predicted octanol–water partition coefficient (Wildman–Crippen LogP) is 4.56. The molecule has 0 aromatic heterocycles. The molecule has 0 saturated carbocycles. The van der Waals surface area contributed by atoms with E-state index < -0.39 is 5.41 Å². The van der Waals surface area contributed by atoms with Crippen molar-refractivity contribution in [3.8, 4) is 5.75 Å². The maximum Gasteiger partial charge on any atom is 0.231 e. The maximum atomic E-state index is 11.9. The van der Waals surface area contributed by atoms with Crippen molar-refractivity contribution in [1.29, 1.82) is 0 Å². The van der Waals surface area contributed by atoms with Crippen molar-refractivity contribution < 1.29 is 9.53 Å². The van der Waals surface area contributed by atoms with E-state index >= 15 is 0 Å².